The Bertz CT molecular complexity index is 929. The fourth-order valence-electron chi connectivity index (χ4n) is 3.42. The van der Waals surface area contributed by atoms with Crippen LogP contribution in [0.4, 0.5) is 0 Å². The van der Waals surface area contributed by atoms with Gasteiger partial charge in [-0.2, -0.15) is 5.10 Å². The van der Waals surface area contributed by atoms with Gasteiger partial charge in [0.2, 0.25) is 0 Å². The minimum atomic E-state index is -2.94. The molecule has 1 aliphatic heterocycles. The second kappa shape index (κ2) is 7.62. The number of benzene rings is 1. The standard InChI is InChI=1S/C18H26N4O2S2/c1-4-14-5-7-15(8-6-14)11-20(2)13-22-18(25)21(3)17(19-22)16-9-10-26(23,24)12-16/h5-8,16H,4,9-13H2,1-3H3. The molecule has 0 radical (unpaired) electrons. The van der Waals surface area contributed by atoms with Crippen molar-refractivity contribution in [3.8, 4) is 0 Å². The molecule has 0 aliphatic carbocycles. The quantitative estimate of drug-likeness (QED) is 0.705. The number of sulfone groups is 1. The minimum absolute atomic E-state index is 0.0557. The van der Waals surface area contributed by atoms with Gasteiger partial charge in [0, 0.05) is 19.5 Å². The highest BCUT2D eigenvalue weighted by Gasteiger charge is 2.32. The van der Waals surface area contributed by atoms with Crippen LogP contribution in [0, 0.1) is 4.77 Å². The molecule has 0 saturated carbocycles. The first kappa shape index (κ1) is 19.3. The molecule has 1 saturated heterocycles. The lowest BCUT2D eigenvalue weighted by atomic mass is 10.1. The molecule has 6 nitrogen and oxygen atoms in total. The highest BCUT2D eigenvalue weighted by Crippen LogP contribution is 2.27. The van der Waals surface area contributed by atoms with Crippen molar-refractivity contribution in [3.63, 3.8) is 0 Å². The van der Waals surface area contributed by atoms with E-state index in [-0.39, 0.29) is 17.4 Å². The lowest BCUT2D eigenvalue weighted by Crippen LogP contribution is -2.22. The van der Waals surface area contributed by atoms with Gasteiger partial charge in [0.15, 0.2) is 14.6 Å². The summed E-state index contributed by atoms with van der Waals surface area (Å²) < 4.78 is 27.8. The molecule has 0 N–H and O–H groups in total. The maximum atomic E-state index is 11.8. The third kappa shape index (κ3) is 4.24. The van der Waals surface area contributed by atoms with Gasteiger partial charge in [-0.15, -0.1) is 0 Å². The zero-order valence-corrected chi connectivity index (χ0v) is 17.2. The van der Waals surface area contributed by atoms with E-state index in [2.05, 4.69) is 41.2 Å². The molecule has 0 bridgehead atoms. The van der Waals surface area contributed by atoms with Crippen molar-refractivity contribution in [1.82, 2.24) is 19.2 Å². The summed E-state index contributed by atoms with van der Waals surface area (Å²) in [6.45, 7) is 3.52. The van der Waals surface area contributed by atoms with Gasteiger partial charge < -0.3 is 4.57 Å². The predicted octanol–water partition coefficient (Wildman–Crippen LogP) is 2.51. The van der Waals surface area contributed by atoms with Gasteiger partial charge in [0.1, 0.15) is 5.82 Å². The van der Waals surface area contributed by atoms with Crippen LogP contribution in [0.25, 0.3) is 0 Å². The highest BCUT2D eigenvalue weighted by atomic mass is 32.2. The number of rotatable bonds is 6. The van der Waals surface area contributed by atoms with E-state index in [0.29, 0.717) is 17.9 Å². The van der Waals surface area contributed by atoms with Crippen LogP contribution in [0.1, 0.15) is 36.2 Å². The fraction of sp³-hybridized carbons (Fsp3) is 0.556. The van der Waals surface area contributed by atoms with E-state index in [9.17, 15) is 8.42 Å². The molecule has 1 unspecified atom stereocenters. The van der Waals surface area contributed by atoms with Crippen LogP contribution in [0.15, 0.2) is 24.3 Å². The van der Waals surface area contributed by atoms with Crippen LogP contribution in [-0.2, 0) is 36.5 Å². The monoisotopic (exact) mass is 394 g/mol. The van der Waals surface area contributed by atoms with Crippen molar-refractivity contribution in [3.05, 3.63) is 46.0 Å². The molecule has 3 rings (SSSR count). The zero-order valence-electron chi connectivity index (χ0n) is 15.6. The zero-order chi connectivity index (χ0) is 18.9. The molecule has 1 aromatic carbocycles. The smallest absolute Gasteiger partial charge is 0.198 e. The number of aromatic nitrogens is 3. The van der Waals surface area contributed by atoms with Crippen molar-refractivity contribution < 1.29 is 8.42 Å². The first-order valence-electron chi connectivity index (χ1n) is 8.89. The highest BCUT2D eigenvalue weighted by molar-refractivity contribution is 7.91. The Balaban J connectivity index is 1.71. The molecule has 1 atom stereocenters. The van der Waals surface area contributed by atoms with E-state index in [1.807, 2.05) is 18.7 Å². The Kier molecular flexibility index (Phi) is 5.64. The Morgan fingerprint density at radius 3 is 2.50 bits per heavy atom. The molecular weight excluding hydrogens is 368 g/mol. The van der Waals surface area contributed by atoms with Crippen LogP contribution in [0.5, 0.6) is 0 Å². The molecule has 2 aromatic rings. The summed E-state index contributed by atoms with van der Waals surface area (Å²) in [6, 6.07) is 8.63. The summed E-state index contributed by atoms with van der Waals surface area (Å²) in [5.74, 6) is 1.13. The normalized spacial score (nSPS) is 19.3. The lowest BCUT2D eigenvalue weighted by Gasteiger charge is -2.16. The van der Waals surface area contributed by atoms with Crippen molar-refractivity contribution in [2.45, 2.75) is 38.9 Å². The van der Waals surface area contributed by atoms with Crippen molar-refractivity contribution in [2.75, 3.05) is 18.6 Å². The molecule has 142 valence electrons. The third-order valence-electron chi connectivity index (χ3n) is 4.93. The van der Waals surface area contributed by atoms with E-state index in [4.69, 9.17) is 12.2 Å². The number of hydrogen-bond donors (Lipinski definition) is 0. The Morgan fingerprint density at radius 1 is 1.27 bits per heavy atom. The Labute approximate surface area is 160 Å². The molecule has 26 heavy (non-hydrogen) atoms. The van der Waals surface area contributed by atoms with Crippen LogP contribution in [0.3, 0.4) is 0 Å². The maximum absolute atomic E-state index is 11.8. The van der Waals surface area contributed by atoms with E-state index in [1.54, 1.807) is 4.68 Å². The molecule has 0 amide bonds. The lowest BCUT2D eigenvalue weighted by molar-refractivity contribution is 0.243. The van der Waals surface area contributed by atoms with Crippen LogP contribution < -0.4 is 0 Å². The summed E-state index contributed by atoms with van der Waals surface area (Å²) in [5, 5.41) is 4.64. The molecule has 0 spiro atoms. The van der Waals surface area contributed by atoms with Gasteiger partial charge in [0.25, 0.3) is 0 Å². The second-order valence-electron chi connectivity index (χ2n) is 7.12. The van der Waals surface area contributed by atoms with Gasteiger partial charge in [-0.3, -0.25) is 4.90 Å². The van der Waals surface area contributed by atoms with Crippen molar-refractivity contribution in [1.29, 1.82) is 0 Å². The van der Waals surface area contributed by atoms with E-state index < -0.39 is 9.84 Å². The number of hydrogen-bond acceptors (Lipinski definition) is 5. The fourth-order valence-corrected chi connectivity index (χ4v) is 5.35. The third-order valence-corrected chi connectivity index (χ3v) is 7.18. The first-order chi connectivity index (χ1) is 12.3. The maximum Gasteiger partial charge on any atom is 0.198 e. The molecule has 8 heteroatoms. The van der Waals surface area contributed by atoms with Crippen molar-refractivity contribution in [2.24, 2.45) is 7.05 Å². The summed E-state index contributed by atoms with van der Waals surface area (Å²) in [7, 11) is 0.962. The average Bonchev–Trinajstić information content (AvgIpc) is 3.09. The van der Waals surface area contributed by atoms with Crippen LogP contribution >= 0.6 is 12.2 Å². The van der Waals surface area contributed by atoms with E-state index >= 15 is 0 Å². The van der Waals surface area contributed by atoms with Gasteiger partial charge in [-0.05, 0) is 43.2 Å². The van der Waals surface area contributed by atoms with E-state index in [1.165, 1.54) is 11.1 Å². The van der Waals surface area contributed by atoms with Crippen molar-refractivity contribution >= 4 is 22.1 Å². The predicted molar refractivity (Wildman–Crippen MR) is 105 cm³/mol. The molecule has 1 aliphatic rings. The Hall–Kier alpha value is -1.51. The van der Waals surface area contributed by atoms with Crippen LogP contribution in [-0.4, -0.2) is 46.2 Å². The summed E-state index contributed by atoms with van der Waals surface area (Å²) >= 11 is 5.51. The van der Waals surface area contributed by atoms with Gasteiger partial charge >= 0.3 is 0 Å². The summed E-state index contributed by atoms with van der Waals surface area (Å²) in [5.41, 5.74) is 2.58. The topological polar surface area (TPSA) is 60.1 Å². The van der Waals surface area contributed by atoms with Gasteiger partial charge in [-0.25, -0.2) is 13.1 Å². The first-order valence-corrected chi connectivity index (χ1v) is 11.1. The van der Waals surface area contributed by atoms with E-state index in [0.717, 1.165) is 18.8 Å². The SMILES string of the molecule is CCc1ccc(CN(C)Cn2nc(C3CCS(=O)(=O)C3)n(C)c2=S)cc1. The van der Waals surface area contributed by atoms with Gasteiger partial charge in [0.05, 0.1) is 18.2 Å². The second-order valence-corrected chi connectivity index (χ2v) is 9.72. The molecule has 1 aromatic heterocycles. The minimum Gasteiger partial charge on any atom is -0.307 e. The molecule has 1 fully saturated rings. The average molecular weight is 395 g/mol. The molecular formula is C18H26N4O2S2. The number of aryl methyl sites for hydroxylation is 1. The molecule has 2 heterocycles. The summed E-state index contributed by atoms with van der Waals surface area (Å²) in [6.07, 6.45) is 1.67. The Morgan fingerprint density at radius 2 is 1.92 bits per heavy atom. The van der Waals surface area contributed by atoms with Gasteiger partial charge in [-0.1, -0.05) is 31.2 Å². The summed E-state index contributed by atoms with van der Waals surface area (Å²) in [4.78, 5) is 2.15. The largest absolute Gasteiger partial charge is 0.307 e. The number of nitrogens with zero attached hydrogens (tertiary/aromatic N) is 4. The van der Waals surface area contributed by atoms with Crippen LogP contribution in [0.2, 0.25) is 0 Å².